The van der Waals surface area contributed by atoms with Crippen LogP contribution in [0.25, 0.3) is 0 Å². The van der Waals surface area contributed by atoms with Gasteiger partial charge in [-0.15, -0.1) is 0 Å². The van der Waals surface area contributed by atoms with Gasteiger partial charge in [0.2, 0.25) is 0 Å². The zero-order valence-corrected chi connectivity index (χ0v) is 16.7. The van der Waals surface area contributed by atoms with Gasteiger partial charge in [0.05, 0.1) is 13.2 Å². The maximum atomic E-state index is 11.7. The molecule has 0 bridgehead atoms. The van der Waals surface area contributed by atoms with Crippen LogP contribution in [-0.2, 0) is 14.3 Å². The fraction of sp³-hybridized carbons (Fsp3) is 0.900. The van der Waals surface area contributed by atoms with E-state index in [1.54, 1.807) is 0 Å². The highest BCUT2D eigenvalue weighted by Gasteiger charge is 2.14. The van der Waals surface area contributed by atoms with Crippen LogP contribution in [0.15, 0.2) is 0 Å². The van der Waals surface area contributed by atoms with Crippen molar-refractivity contribution in [3.8, 4) is 0 Å². The minimum atomic E-state index is -0.523. The number of carbonyl (C=O) groups is 2. The summed E-state index contributed by atoms with van der Waals surface area (Å²) in [5, 5.41) is 5.40. The van der Waals surface area contributed by atoms with Crippen molar-refractivity contribution < 1.29 is 14.3 Å². The van der Waals surface area contributed by atoms with Gasteiger partial charge in [-0.05, 0) is 6.42 Å². The molecule has 0 aromatic heterocycles. The molecule has 152 valence electrons. The average molecular weight is 370 g/mol. The van der Waals surface area contributed by atoms with E-state index in [-0.39, 0.29) is 0 Å². The molecule has 1 rings (SSSR count). The van der Waals surface area contributed by atoms with Crippen LogP contribution in [-0.4, -0.2) is 62.7 Å². The fourth-order valence-corrected chi connectivity index (χ4v) is 3.13. The molecule has 2 amide bonds. The Hall–Kier alpha value is -1.14. The number of amides is 2. The van der Waals surface area contributed by atoms with Gasteiger partial charge in [0.1, 0.15) is 0 Å². The fourth-order valence-electron chi connectivity index (χ4n) is 3.13. The van der Waals surface area contributed by atoms with Crippen molar-refractivity contribution >= 4 is 11.8 Å². The molecular formula is C20H39N3O3. The Morgan fingerprint density at radius 2 is 1.27 bits per heavy atom. The minimum absolute atomic E-state index is 0.504. The van der Waals surface area contributed by atoms with Crippen molar-refractivity contribution in [2.24, 2.45) is 0 Å². The van der Waals surface area contributed by atoms with E-state index in [4.69, 9.17) is 4.74 Å². The first-order valence-corrected chi connectivity index (χ1v) is 10.6. The SMILES string of the molecule is CCCCCCCCCCCCNC(=O)C(=O)NCCN1CCOCC1. The van der Waals surface area contributed by atoms with Crippen molar-refractivity contribution in [2.75, 3.05) is 45.9 Å². The molecule has 1 saturated heterocycles. The number of rotatable bonds is 14. The van der Waals surface area contributed by atoms with E-state index < -0.39 is 11.8 Å². The number of carbonyl (C=O) groups excluding carboxylic acids is 2. The van der Waals surface area contributed by atoms with E-state index in [9.17, 15) is 9.59 Å². The van der Waals surface area contributed by atoms with Crippen molar-refractivity contribution in [3.05, 3.63) is 0 Å². The number of unbranched alkanes of at least 4 members (excludes halogenated alkanes) is 9. The second-order valence-electron chi connectivity index (χ2n) is 7.15. The molecule has 0 aliphatic carbocycles. The predicted molar refractivity (Wildman–Crippen MR) is 105 cm³/mol. The summed E-state index contributed by atoms with van der Waals surface area (Å²) in [5.74, 6) is -1.03. The van der Waals surface area contributed by atoms with Gasteiger partial charge in [0.15, 0.2) is 0 Å². The lowest BCUT2D eigenvalue weighted by atomic mass is 10.1. The Kier molecular flexibility index (Phi) is 14.1. The van der Waals surface area contributed by atoms with Crippen molar-refractivity contribution in [2.45, 2.75) is 71.1 Å². The zero-order valence-electron chi connectivity index (χ0n) is 16.7. The molecule has 1 fully saturated rings. The molecule has 0 aromatic rings. The van der Waals surface area contributed by atoms with Gasteiger partial charge in [-0.25, -0.2) is 0 Å². The summed E-state index contributed by atoms with van der Waals surface area (Å²) in [7, 11) is 0. The number of nitrogens with zero attached hydrogens (tertiary/aromatic N) is 1. The normalized spacial score (nSPS) is 15.0. The van der Waals surface area contributed by atoms with Gasteiger partial charge in [0, 0.05) is 32.7 Å². The Bertz CT molecular complexity index is 371. The lowest BCUT2D eigenvalue weighted by Gasteiger charge is -2.26. The summed E-state index contributed by atoms with van der Waals surface area (Å²) in [6.07, 6.45) is 12.6. The Balaban J connectivity index is 1.87. The molecule has 0 atom stereocenters. The lowest BCUT2D eigenvalue weighted by Crippen LogP contribution is -2.45. The Morgan fingerprint density at radius 3 is 1.85 bits per heavy atom. The van der Waals surface area contributed by atoms with Gasteiger partial charge < -0.3 is 15.4 Å². The lowest BCUT2D eigenvalue weighted by molar-refractivity contribution is -0.139. The number of ether oxygens (including phenoxy) is 1. The van der Waals surface area contributed by atoms with Crippen LogP contribution in [0.3, 0.4) is 0 Å². The third kappa shape index (κ3) is 12.3. The van der Waals surface area contributed by atoms with E-state index in [1.807, 2.05) is 0 Å². The minimum Gasteiger partial charge on any atom is -0.379 e. The van der Waals surface area contributed by atoms with Crippen LogP contribution in [0.4, 0.5) is 0 Å². The molecule has 0 spiro atoms. The Morgan fingerprint density at radius 1 is 0.769 bits per heavy atom. The number of nitrogens with one attached hydrogen (secondary N) is 2. The van der Waals surface area contributed by atoms with E-state index in [0.717, 1.165) is 45.7 Å². The molecule has 6 heteroatoms. The van der Waals surface area contributed by atoms with Crippen molar-refractivity contribution in [1.82, 2.24) is 15.5 Å². The van der Waals surface area contributed by atoms with Gasteiger partial charge in [-0.2, -0.15) is 0 Å². The molecule has 1 aliphatic heterocycles. The summed E-state index contributed by atoms with van der Waals surface area (Å²) in [5.41, 5.74) is 0. The smallest absolute Gasteiger partial charge is 0.309 e. The molecule has 1 aliphatic rings. The third-order valence-electron chi connectivity index (χ3n) is 4.84. The van der Waals surface area contributed by atoms with Crippen LogP contribution < -0.4 is 10.6 Å². The molecule has 6 nitrogen and oxygen atoms in total. The van der Waals surface area contributed by atoms with Crippen LogP contribution >= 0.6 is 0 Å². The molecule has 26 heavy (non-hydrogen) atoms. The summed E-state index contributed by atoms with van der Waals surface area (Å²) in [6.45, 7) is 7.37. The molecule has 0 aromatic carbocycles. The summed E-state index contributed by atoms with van der Waals surface area (Å²) < 4.78 is 5.28. The molecule has 0 unspecified atom stereocenters. The average Bonchev–Trinajstić information content (AvgIpc) is 2.66. The summed E-state index contributed by atoms with van der Waals surface area (Å²) in [4.78, 5) is 25.7. The molecular weight excluding hydrogens is 330 g/mol. The van der Waals surface area contributed by atoms with Crippen LogP contribution in [0, 0.1) is 0 Å². The van der Waals surface area contributed by atoms with Gasteiger partial charge in [0.25, 0.3) is 0 Å². The van der Waals surface area contributed by atoms with Crippen LogP contribution in [0.5, 0.6) is 0 Å². The van der Waals surface area contributed by atoms with Gasteiger partial charge in [-0.1, -0.05) is 64.7 Å². The first-order chi connectivity index (χ1) is 12.7. The topological polar surface area (TPSA) is 70.7 Å². The largest absolute Gasteiger partial charge is 0.379 e. The highest BCUT2D eigenvalue weighted by atomic mass is 16.5. The van der Waals surface area contributed by atoms with Gasteiger partial charge >= 0.3 is 11.8 Å². The highest BCUT2D eigenvalue weighted by molar-refractivity contribution is 6.35. The second-order valence-corrected chi connectivity index (χ2v) is 7.15. The maximum absolute atomic E-state index is 11.7. The van der Waals surface area contributed by atoms with E-state index in [2.05, 4.69) is 22.5 Å². The summed E-state index contributed by atoms with van der Waals surface area (Å²) >= 11 is 0. The molecule has 1 heterocycles. The van der Waals surface area contributed by atoms with Crippen LogP contribution in [0.1, 0.15) is 71.1 Å². The van der Waals surface area contributed by atoms with E-state index in [0.29, 0.717) is 13.1 Å². The molecule has 0 saturated carbocycles. The third-order valence-corrected chi connectivity index (χ3v) is 4.84. The predicted octanol–water partition coefficient (Wildman–Crippen LogP) is 2.47. The highest BCUT2D eigenvalue weighted by Crippen LogP contribution is 2.10. The van der Waals surface area contributed by atoms with E-state index >= 15 is 0 Å². The monoisotopic (exact) mass is 369 g/mol. The first kappa shape index (κ1) is 22.9. The number of hydrogen-bond donors (Lipinski definition) is 2. The molecule has 2 N–H and O–H groups in total. The van der Waals surface area contributed by atoms with Crippen molar-refractivity contribution in [1.29, 1.82) is 0 Å². The first-order valence-electron chi connectivity index (χ1n) is 10.6. The standard InChI is InChI=1S/C20H39N3O3/c1-2-3-4-5-6-7-8-9-10-11-12-21-19(24)20(25)22-13-14-23-15-17-26-18-16-23/h2-18H2,1H3,(H,21,24)(H,22,25). The molecule has 0 radical (unpaired) electrons. The number of hydrogen-bond acceptors (Lipinski definition) is 4. The Labute approximate surface area is 159 Å². The van der Waals surface area contributed by atoms with Gasteiger partial charge in [-0.3, -0.25) is 14.5 Å². The van der Waals surface area contributed by atoms with E-state index in [1.165, 1.54) is 51.4 Å². The summed E-state index contributed by atoms with van der Waals surface area (Å²) in [6, 6.07) is 0. The second kappa shape index (κ2) is 16.1. The van der Waals surface area contributed by atoms with Crippen molar-refractivity contribution in [3.63, 3.8) is 0 Å². The quantitative estimate of drug-likeness (QED) is 0.364. The number of morpholine rings is 1. The van der Waals surface area contributed by atoms with Crippen LogP contribution in [0.2, 0.25) is 0 Å². The zero-order chi connectivity index (χ0) is 18.9. The maximum Gasteiger partial charge on any atom is 0.309 e.